The van der Waals surface area contributed by atoms with Crippen LogP contribution >= 0.6 is 0 Å². The minimum Gasteiger partial charge on any atom is -0.315 e. The quantitative estimate of drug-likeness (QED) is 0.880. The van der Waals surface area contributed by atoms with E-state index in [1.807, 2.05) is 19.2 Å². The first-order valence-corrected chi connectivity index (χ1v) is 5.99. The summed E-state index contributed by atoms with van der Waals surface area (Å²) >= 11 is 0. The van der Waals surface area contributed by atoms with Gasteiger partial charge in [-0.05, 0) is 17.7 Å². The Morgan fingerprint density at radius 3 is 2.56 bits per heavy atom. The molecule has 0 saturated carbocycles. The van der Waals surface area contributed by atoms with Crippen LogP contribution in [0.1, 0.15) is 11.4 Å². The molecule has 1 N–H and O–H groups in total. The Labute approximate surface area is 105 Å². The van der Waals surface area contributed by atoms with E-state index in [0.717, 1.165) is 30.9 Å². The third-order valence-corrected chi connectivity index (χ3v) is 3.69. The Kier molecular flexibility index (Phi) is 2.63. The predicted molar refractivity (Wildman–Crippen MR) is 65.7 cm³/mol. The zero-order chi connectivity index (χ0) is 12.6. The third kappa shape index (κ3) is 1.80. The summed E-state index contributed by atoms with van der Waals surface area (Å²) in [5.74, 6) is 0.765. The largest absolute Gasteiger partial charge is 0.315 e. The van der Waals surface area contributed by atoms with Gasteiger partial charge in [-0.25, -0.2) is 9.37 Å². The average Bonchev–Trinajstić information content (AvgIpc) is 2.71. The number of nitrogens with zero attached hydrogens (tertiary/aromatic N) is 3. The smallest absolute Gasteiger partial charge is 0.138 e. The van der Waals surface area contributed by atoms with Gasteiger partial charge >= 0.3 is 0 Å². The second kappa shape index (κ2) is 4.17. The van der Waals surface area contributed by atoms with Gasteiger partial charge in [-0.15, -0.1) is 0 Å². The molecule has 1 aromatic heterocycles. The monoisotopic (exact) mass is 246 g/mol. The van der Waals surface area contributed by atoms with Crippen molar-refractivity contribution >= 4 is 0 Å². The lowest BCUT2D eigenvalue weighted by Gasteiger charge is -2.43. The van der Waals surface area contributed by atoms with Gasteiger partial charge in [0.1, 0.15) is 18.0 Å². The van der Waals surface area contributed by atoms with Gasteiger partial charge in [0.05, 0.1) is 0 Å². The van der Waals surface area contributed by atoms with Crippen LogP contribution in [0.4, 0.5) is 4.39 Å². The van der Waals surface area contributed by atoms with Crippen LogP contribution in [0.5, 0.6) is 0 Å². The van der Waals surface area contributed by atoms with Gasteiger partial charge < -0.3 is 5.32 Å². The van der Waals surface area contributed by atoms with Crippen molar-refractivity contribution < 1.29 is 4.39 Å². The molecule has 4 nitrogen and oxygen atoms in total. The number of benzene rings is 1. The van der Waals surface area contributed by atoms with Crippen molar-refractivity contribution in [3.63, 3.8) is 0 Å². The summed E-state index contributed by atoms with van der Waals surface area (Å²) in [5, 5.41) is 7.39. The molecule has 0 unspecified atom stereocenters. The molecule has 0 radical (unpaired) electrons. The van der Waals surface area contributed by atoms with Crippen molar-refractivity contribution in [2.75, 3.05) is 13.1 Å². The van der Waals surface area contributed by atoms with Crippen molar-refractivity contribution in [1.82, 2.24) is 20.1 Å². The van der Waals surface area contributed by atoms with E-state index < -0.39 is 0 Å². The molecule has 5 heteroatoms. The molecule has 0 aliphatic carbocycles. The SMILES string of the molecule is Cn1ncnc1CC1(c2ccc(F)cc2)CNC1. The molecule has 1 saturated heterocycles. The zero-order valence-electron chi connectivity index (χ0n) is 10.2. The van der Waals surface area contributed by atoms with Crippen LogP contribution in [0, 0.1) is 5.82 Å². The Balaban J connectivity index is 1.91. The van der Waals surface area contributed by atoms with Gasteiger partial charge in [0, 0.05) is 32.0 Å². The van der Waals surface area contributed by atoms with E-state index in [0.29, 0.717) is 0 Å². The molecule has 0 atom stereocenters. The van der Waals surface area contributed by atoms with Gasteiger partial charge in [0.15, 0.2) is 0 Å². The molecular weight excluding hydrogens is 231 g/mol. The van der Waals surface area contributed by atoms with E-state index in [2.05, 4.69) is 15.4 Å². The highest BCUT2D eigenvalue weighted by Crippen LogP contribution is 2.31. The molecule has 1 aromatic carbocycles. The first-order chi connectivity index (χ1) is 8.70. The number of aromatic nitrogens is 3. The maximum atomic E-state index is 13.0. The van der Waals surface area contributed by atoms with Crippen LogP contribution in [-0.2, 0) is 18.9 Å². The number of halogens is 1. The first kappa shape index (κ1) is 11.3. The summed E-state index contributed by atoms with van der Waals surface area (Å²) in [5.41, 5.74) is 1.18. The number of rotatable bonds is 3. The summed E-state index contributed by atoms with van der Waals surface area (Å²) < 4.78 is 14.8. The van der Waals surface area contributed by atoms with Crippen molar-refractivity contribution in [2.24, 2.45) is 7.05 Å². The summed E-state index contributed by atoms with van der Waals surface area (Å²) in [4.78, 5) is 4.28. The van der Waals surface area contributed by atoms with E-state index in [1.165, 1.54) is 12.1 Å². The van der Waals surface area contributed by atoms with Gasteiger partial charge in [-0.2, -0.15) is 5.10 Å². The normalized spacial score (nSPS) is 17.4. The Bertz CT molecular complexity index is 542. The molecule has 2 aromatic rings. The molecule has 0 amide bonds. The van der Waals surface area contributed by atoms with Gasteiger partial charge in [0.2, 0.25) is 0 Å². The molecule has 0 spiro atoms. The van der Waals surface area contributed by atoms with Crippen LogP contribution < -0.4 is 5.32 Å². The number of hydrogen-bond donors (Lipinski definition) is 1. The fourth-order valence-corrected chi connectivity index (χ4v) is 2.44. The fraction of sp³-hybridized carbons (Fsp3) is 0.385. The number of nitrogens with one attached hydrogen (secondary N) is 1. The van der Waals surface area contributed by atoms with Gasteiger partial charge in [-0.1, -0.05) is 12.1 Å². The summed E-state index contributed by atoms with van der Waals surface area (Å²) in [6.07, 6.45) is 2.39. The Morgan fingerprint density at radius 2 is 2.06 bits per heavy atom. The summed E-state index contributed by atoms with van der Waals surface area (Å²) in [6.45, 7) is 1.79. The predicted octanol–water partition coefficient (Wildman–Crippen LogP) is 1.04. The Morgan fingerprint density at radius 1 is 1.33 bits per heavy atom. The highest BCUT2D eigenvalue weighted by Gasteiger charge is 2.39. The molecule has 3 rings (SSSR count). The average molecular weight is 246 g/mol. The number of hydrogen-bond acceptors (Lipinski definition) is 3. The van der Waals surface area contributed by atoms with Crippen molar-refractivity contribution in [3.05, 3.63) is 47.8 Å². The molecule has 1 aliphatic rings. The minimum absolute atomic E-state index is 0.0223. The molecule has 2 heterocycles. The van der Waals surface area contributed by atoms with Crippen LogP contribution in [0.25, 0.3) is 0 Å². The lowest BCUT2D eigenvalue weighted by molar-refractivity contribution is 0.267. The second-order valence-electron chi connectivity index (χ2n) is 4.87. The highest BCUT2D eigenvalue weighted by atomic mass is 19.1. The highest BCUT2D eigenvalue weighted by molar-refractivity contribution is 5.31. The lowest BCUT2D eigenvalue weighted by atomic mass is 9.72. The van der Waals surface area contributed by atoms with Gasteiger partial charge in [0.25, 0.3) is 0 Å². The molecule has 1 fully saturated rings. The van der Waals surface area contributed by atoms with E-state index in [-0.39, 0.29) is 11.2 Å². The standard InChI is InChI=1S/C13H15FN4/c1-18-12(16-9-17-18)6-13(7-15-8-13)10-2-4-11(14)5-3-10/h2-5,9,15H,6-8H2,1H3. The Hall–Kier alpha value is -1.75. The van der Waals surface area contributed by atoms with E-state index >= 15 is 0 Å². The maximum absolute atomic E-state index is 13.0. The molecule has 1 aliphatic heterocycles. The molecule has 18 heavy (non-hydrogen) atoms. The molecular formula is C13H15FN4. The third-order valence-electron chi connectivity index (χ3n) is 3.69. The second-order valence-corrected chi connectivity index (χ2v) is 4.87. The maximum Gasteiger partial charge on any atom is 0.138 e. The van der Waals surface area contributed by atoms with Crippen LogP contribution in [-0.4, -0.2) is 27.9 Å². The van der Waals surface area contributed by atoms with E-state index in [1.54, 1.807) is 11.0 Å². The molecule has 94 valence electrons. The van der Waals surface area contributed by atoms with E-state index in [4.69, 9.17) is 0 Å². The van der Waals surface area contributed by atoms with Crippen LogP contribution in [0.2, 0.25) is 0 Å². The molecule has 0 bridgehead atoms. The van der Waals surface area contributed by atoms with Gasteiger partial charge in [-0.3, -0.25) is 4.68 Å². The van der Waals surface area contributed by atoms with Crippen molar-refractivity contribution in [3.8, 4) is 0 Å². The first-order valence-electron chi connectivity index (χ1n) is 5.99. The topological polar surface area (TPSA) is 42.7 Å². The van der Waals surface area contributed by atoms with Crippen LogP contribution in [0.3, 0.4) is 0 Å². The van der Waals surface area contributed by atoms with E-state index in [9.17, 15) is 4.39 Å². The zero-order valence-corrected chi connectivity index (χ0v) is 10.2. The summed E-state index contributed by atoms with van der Waals surface area (Å²) in [6, 6.07) is 6.78. The van der Waals surface area contributed by atoms with Crippen LogP contribution in [0.15, 0.2) is 30.6 Å². The fourth-order valence-electron chi connectivity index (χ4n) is 2.44. The minimum atomic E-state index is -0.195. The number of aryl methyl sites for hydroxylation is 1. The van der Waals surface area contributed by atoms with Crippen molar-refractivity contribution in [2.45, 2.75) is 11.8 Å². The summed E-state index contributed by atoms with van der Waals surface area (Å²) in [7, 11) is 1.90. The van der Waals surface area contributed by atoms with Crippen molar-refractivity contribution in [1.29, 1.82) is 0 Å². The lowest BCUT2D eigenvalue weighted by Crippen LogP contribution is -2.58.